The minimum atomic E-state index is -0.839. The largest absolute Gasteiger partial charge is 0.497 e. The molecule has 3 heterocycles. The molecule has 3 aromatic rings. The van der Waals surface area contributed by atoms with Gasteiger partial charge in [0.1, 0.15) is 17.5 Å². The number of amides is 3. The van der Waals surface area contributed by atoms with Crippen LogP contribution in [0.4, 0.5) is 5.69 Å². The van der Waals surface area contributed by atoms with Crippen LogP contribution >= 0.6 is 0 Å². The molecular weight excluding hydrogens is 482 g/mol. The lowest BCUT2D eigenvalue weighted by atomic mass is 9.84. The summed E-state index contributed by atoms with van der Waals surface area (Å²) in [5.41, 5.74) is 3.33. The fourth-order valence-corrected chi connectivity index (χ4v) is 5.88. The SMILES string of the molecule is COc1ccc(CN2C(=O)[C@@H]3[C@H](C2=O)[C@H]2c4ccccc4C=CN2[C@H]3C(=O)Nc2ccc(OC)cc2)cc1. The average Bonchev–Trinajstić information content (AvgIpc) is 3.42. The Morgan fingerprint density at radius 3 is 2.16 bits per heavy atom. The molecule has 0 spiro atoms. The van der Waals surface area contributed by atoms with Crippen molar-refractivity contribution in [3.8, 4) is 11.5 Å². The number of fused-ring (bicyclic) bond motifs is 5. The van der Waals surface area contributed by atoms with E-state index in [1.807, 2.05) is 53.6 Å². The summed E-state index contributed by atoms with van der Waals surface area (Å²) in [6.45, 7) is 0.145. The number of carbonyl (C=O) groups is 3. The van der Waals surface area contributed by atoms with Crippen molar-refractivity contribution in [1.29, 1.82) is 0 Å². The second kappa shape index (κ2) is 9.37. The number of rotatable bonds is 6. The van der Waals surface area contributed by atoms with Crippen LogP contribution in [0, 0.1) is 11.8 Å². The summed E-state index contributed by atoms with van der Waals surface area (Å²) in [7, 11) is 3.16. The number of hydrogen-bond donors (Lipinski definition) is 1. The van der Waals surface area contributed by atoms with Crippen molar-refractivity contribution in [2.45, 2.75) is 18.6 Å². The average molecular weight is 510 g/mol. The Balaban J connectivity index is 1.35. The van der Waals surface area contributed by atoms with E-state index >= 15 is 0 Å². The summed E-state index contributed by atoms with van der Waals surface area (Å²) in [6, 6.07) is 20.9. The summed E-state index contributed by atoms with van der Waals surface area (Å²) >= 11 is 0. The molecule has 2 saturated heterocycles. The lowest BCUT2D eigenvalue weighted by molar-refractivity contribution is -0.143. The van der Waals surface area contributed by atoms with Gasteiger partial charge in [-0.1, -0.05) is 36.4 Å². The second-order valence-corrected chi connectivity index (χ2v) is 9.66. The van der Waals surface area contributed by atoms with Gasteiger partial charge in [0.15, 0.2) is 0 Å². The van der Waals surface area contributed by atoms with E-state index in [-0.39, 0.29) is 24.3 Å². The van der Waals surface area contributed by atoms with Gasteiger partial charge < -0.3 is 19.7 Å². The molecule has 3 aromatic carbocycles. The molecule has 4 atom stereocenters. The Kier molecular flexibility index (Phi) is 5.87. The fourth-order valence-electron chi connectivity index (χ4n) is 5.88. The minimum Gasteiger partial charge on any atom is -0.497 e. The standard InChI is InChI=1S/C30H27N3O5/c1-37-21-11-7-18(8-12-21)17-33-29(35)24-25(30(33)36)27(28(34)31-20-9-13-22(38-2)14-10-20)32-16-15-19-5-3-4-6-23(19)26(24)32/h3-16,24-27H,17H2,1-2H3,(H,31,34)/t24-,25+,26+,27+/m0/s1. The third-order valence-corrected chi connectivity index (χ3v) is 7.68. The summed E-state index contributed by atoms with van der Waals surface area (Å²) < 4.78 is 10.4. The van der Waals surface area contributed by atoms with E-state index in [2.05, 4.69) is 5.32 Å². The third-order valence-electron chi connectivity index (χ3n) is 7.68. The van der Waals surface area contributed by atoms with E-state index in [1.54, 1.807) is 50.6 Å². The maximum absolute atomic E-state index is 13.9. The summed E-state index contributed by atoms with van der Waals surface area (Å²) in [5, 5.41) is 2.95. The maximum Gasteiger partial charge on any atom is 0.247 e. The van der Waals surface area contributed by atoms with E-state index in [4.69, 9.17) is 9.47 Å². The molecule has 8 nitrogen and oxygen atoms in total. The van der Waals surface area contributed by atoms with Crippen molar-refractivity contribution in [3.05, 3.63) is 95.7 Å². The summed E-state index contributed by atoms with van der Waals surface area (Å²) in [4.78, 5) is 44.7. The van der Waals surface area contributed by atoms with E-state index in [1.165, 1.54) is 4.90 Å². The molecular formula is C30H27N3O5. The number of hydrogen-bond acceptors (Lipinski definition) is 6. The highest BCUT2D eigenvalue weighted by Gasteiger charge is 2.64. The van der Waals surface area contributed by atoms with Crippen molar-refractivity contribution >= 4 is 29.5 Å². The molecule has 192 valence electrons. The van der Waals surface area contributed by atoms with Crippen LogP contribution in [0.2, 0.25) is 0 Å². The zero-order valence-corrected chi connectivity index (χ0v) is 21.0. The van der Waals surface area contributed by atoms with Crippen LogP contribution in [0.5, 0.6) is 11.5 Å². The first-order chi connectivity index (χ1) is 18.5. The second-order valence-electron chi connectivity index (χ2n) is 9.66. The number of likely N-dealkylation sites (tertiary alicyclic amines) is 1. The number of benzene rings is 3. The molecule has 6 rings (SSSR count). The van der Waals surface area contributed by atoms with Crippen molar-refractivity contribution in [2.24, 2.45) is 11.8 Å². The van der Waals surface area contributed by atoms with Crippen LogP contribution < -0.4 is 14.8 Å². The highest BCUT2D eigenvalue weighted by molar-refractivity contribution is 6.10. The molecule has 0 radical (unpaired) electrons. The Morgan fingerprint density at radius 1 is 0.842 bits per heavy atom. The van der Waals surface area contributed by atoms with Crippen molar-refractivity contribution in [3.63, 3.8) is 0 Å². The molecule has 1 N–H and O–H groups in total. The topological polar surface area (TPSA) is 88.2 Å². The number of imide groups is 1. The quantitative estimate of drug-likeness (QED) is 0.508. The van der Waals surface area contributed by atoms with Gasteiger partial charge in [-0.3, -0.25) is 19.3 Å². The smallest absolute Gasteiger partial charge is 0.247 e. The molecule has 3 amide bonds. The fraction of sp³-hybridized carbons (Fsp3) is 0.233. The van der Waals surface area contributed by atoms with Crippen LogP contribution in [0.15, 0.2) is 79.0 Å². The van der Waals surface area contributed by atoms with Crippen LogP contribution in [0.1, 0.15) is 22.7 Å². The van der Waals surface area contributed by atoms with Crippen LogP contribution in [-0.4, -0.2) is 47.8 Å². The Morgan fingerprint density at radius 2 is 1.47 bits per heavy atom. The van der Waals surface area contributed by atoms with Gasteiger partial charge in [0.25, 0.3) is 0 Å². The van der Waals surface area contributed by atoms with Gasteiger partial charge in [0.05, 0.1) is 38.6 Å². The first-order valence-electron chi connectivity index (χ1n) is 12.5. The lowest BCUT2D eigenvalue weighted by Crippen LogP contribution is -2.46. The van der Waals surface area contributed by atoms with Crippen LogP contribution in [0.25, 0.3) is 6.08 Å². The number of ether oxygens (including phenoxy) is 2. The van der Waals surface area contributed by atoms with Gasteiger partial charge in [0, 0.05) is 11.9 Å². The number of carbonyl (C=O) groups excluding carboxylic acids is 3. The monoisotopic (exact) mass is 509 g/mol. The third kappa shape index (κ3) is 3.80. The number of methoxy groups -OCH3 is 2. The molecule has 0 bridgehead atoms. The molecule has 3 aliphatic rings. The van der Waals surface area contributed by atoms with Crippen LogP contribution in [-0.2, 0) is 20.9 Å². The van der Waals surface area contributed by atoms with Gasteiger partial charge in [0.2, 0.25) is 17.7 Å². The number of nitrogens with zero attached hydrogens (tertiary/aromatic N) is 2. The van der Waals surface area contributed by atoms with Gasteiger partial charge in [-0.25, -0.2) is 0 Å². The highest BCUT2D eigenvalue weighted by Crippen LogP contribution is 2.52. The first-order valence-corrected chi connectivity index (χ1v) is 12.5. The van der Waals surface area contributed by atoms with Crippen molar-refractivity contribution in [1.82, 2.24) is 9.80 Å². The van der Waals surface area contributed by atoms with E-state index in [9.17, 15) is 14.4 Å². The Hall–Kier alpha value is -4.59. The normalized spacial score (nSPS) is 23.1. The molecule has 0 aliphatic carbocycles. The zero-order chi connectivity index (χ0) is 26.4. The highest BCUT2D eigenvalue weighted by atomic mass is 16.5. The van der Waals surface area contributed by atoms with Gasteiger partial charge in [-0.2, -0.15) is 0 Å². The summed E-state index contributed by atoms with van der Waals surface area (Å²) in [5.74, 6) is -1.02. The predicted molar refractivity (Wildman–Crippen MR) is 141 cm³/mol. The van der Waals surface area contributed by atoms with Crippen LogP contribution in [0.3, 0.4) is 0 Å². The first kappa shape index (κ1) is 23.8. The van der Waals surface area contributed by atoms with Crippen molar-refractivity contribution < 1.29 is 23.9 Å². The number of nitrogens with one attached hydrogen (secondary N) is 1. The minimum absolute atomic E-state index is 0.145. The predicted octanol–water partition coefficient (Wildman–Crippen LogP) is 3.85. The summed E-state index contributed by atoms with van der Waals surface area (Å²) in [6.07, 6.45) is 3.78. The molecule has 0 unspecified atom stereocenters. The molecule has 3 aliphatic heterocycles. The zero-order valence-electron chi connectivity index (χ0n) is 21.0. The van der Waals surface area contributed by atoms with Gasteiger partial charge >= 0.3 is 0 Å². The molecule has 8 heteroatoms. The molecule has 2 fully saturated rings. The van der Waals surface area contributed by atoms with Crippen molar-refractivity contribution in [2.75, 3.05) is 19.5 Å². The Labute approximate surface area is 220 Å². The molecule has 0 saturated carbocycles. The maximum atomic E-state index is 13.9. The Bertz CT molecular complexity index is 1430. The lowest BCUT2D eigenvalue weighted by Gasteiger charge is -2.35. The van der Waals surface area contributed by atoms with Gasteiger partial charge in [-0.05, 0) is 59.2 Å². The van der Waals surface area contributed by atoms with E-state index in [0.29, 0.717) is 17.2 Å². The van der Waals surface area contributed by atoms with E-state index in [0.717, 1.165) is 16.7 Å². The number of anilines is 1. The molecule has 38 heavy (non-hydrogen) atoms. The van der Waals surface area contributed by atoms with E-state index < -0.39 is 23.9 Å². The molecule has 0 aromatic heterocycles. The van der Waals surface area contributed by atoms with Gasteiger partial charge in [-0.15, -0.1) is 0 Å².